The van der Waals surface area contributed by atoms with E-state index in [1.165, 1.54) is 16.9 Å². The lowest BCUT2D eigenvalue weighted by molar-refractivity contribution is 0.159. The summed E-state index contributed by atoms with van der Waals surface area (Å²) in [5.74, 6) is 0.771. The maximum atomic E-state index is 13.2. The Morgan fingerprint density at radius 3 is 2.64 bits per heavy atom. The Bertz CT molecular complexity index is 1210. The van der Waals surface area contributed by atoms with Crippen LogP contribution >= 0.6 is 11.3 Å². The molecule has 1 saturated heterocycles. The maximum Gasteiger partial charge on any atom is 0.320 e. The highest BCUT2D eigenvalue weighted by molar-refractivity contribution is 7.14. The molecule has 1 aliphatic heterocycles. The van der Waals surface area contributed by atoms with Crippen molar-refractivity contribution in [2.45, 2.75) is 12.0 Å². The predicted octanol–water partition coefficient (Wildman–Crippen LogP) is 3.69. The maximum absolute atomic E-state index is 13.2. The van der Waals surface area contributed by atoms with Gasteiger partial charge in [0, 0.05) is 38.2 Å². The quantitative estimate of drug-likeness (QED) is 0.438. The van der Waals surface area contributed by atoms with Crippen LogP contribution in [0.2, 0.25) is 0 Å². The molecule has 9 heteroatoms. The number of nitrogens with zero attached hydrogens (tertiary/aromatic N) is 4. The zero-order valence-corrected chi connectivity index (χ0v) is 19.2. The molecule has 5 rings (SSSR count). The van der Waals surface area contributed by atoms with Gasteiger partial charge in [0.2, 0.25) is 4.96 Å². The number of carbonyl (C=O) groups is 1. The third-order valence-corrected chi connectivity index (χ3v) is 6.65. The van der Waals surface area contributed by atoms with Gasteiger partial charge in [0.25, 0.3) is 0 Å². The van der Waals surface area contributed by atoms with E-state index in [4.69, 9.17) is 9.72 Å². The van der Waals surface area contributed by atoms with Crippen molar-refractivity contribution in [3.63, 3.8) is 0 Å². The summed E-state index contributed by atoms with van der Waals surface area (Å²) in [5.41, 5.74) is 4.58. The molecule has 33 heavy (non-hydrogen) atoms. The number of benzene rings is 2. The van der Waals surface area contributed by atoms with E-state index >= 15 is 0 Å². The Labute approximate surface area is 196 Å². The van der Waals surface area contributed by atoms with Crippen molar-refractivity contribution in [2.24, 2.45) is 0 Å². The molecule has 170 valence electrons. The van der Waals surface area contributed by atoms with Gasteiger partial charge in [-0.3, -0.25) is 10.2 Å². The van der Waals surface area contributed by atoms with Crippen molar-refractivity contribution < 1.29 is 9.53 Å². The molecule has 0 saturated carbocycles. The zero-order chi connectivity index (χ0) is 22.6. The number of methoxy groups -OCH3 is 1. The third kappa shape index (κ3) is 4.61. The molecular weight excluding hydrogens is 436 g/mol. The lowest BCUT2D eigenvalue weighted by Crippen LogP contribution is -2.42. The summed E-state index contributed by atoms with van der Waals surface area (Å²) >= 11 is 1.43. The van der Waals surface area contributed by atoms with Gasteiger partial charge in [0.15, 0.2) is 5.82 Å². The van der Waals surface area contributed by atoms with Crippen molar-refractivity contribution >= 4 is 28.1 Å². The SMILES string of the molecule is COCCN1C[C@H](NC(=O)Nc2c(-c3ccccc3)nc3scnn23)[C@@H](c2ccccc2)C1. The van der Waals surface area contributed by atoms with Gasteiger partial charge in [-0.05, 0) is 5.56 Å². The van der Waals surface area contributed by atoms with Crippen molar-refractivity contribution in [3.05, 3.63) is 71.7 Å². The highest BCUT2D eigenvalue weighted by Gasteiger charge is 2.35. The van der Waals surface area contributed by atoms with E-state index in [0.29, 0.717) is 18.1 Å². The Hall–Kier alpha value is -3.27. The fourth-order valence-corrected chi connectivity index (χ4v) is 5.01. The molecular formula is C24H26N6O2S. The standard InChI is InChI=1S/C24H26N6O2S/c1-32-13-12-29-14-19(17-8-4-2-5-9-17)20(15-29)26-23(31)28-22-21(18-10-6-3-7-11-18)27-24-30(22)25-16-33-24/h2-11,16,19-20H,12-15H2,1H3,(H2,26,28,31)/t19-,20+/m1/s1. The van der Waals surface area contributed by atoms with Crippen LogP contribution in [0.25, 0.3) is 16.2 Å². The van der Waals surface area contributed by atoms with Crippen molar-refractivity contribution in [1.29, 1.82) is 0 Å². The van der Waals surface area contributed by atoms with Crippen LogP contribution in [-0.4, -0.2) is 64.9 Å². The predicted molar refractivity (Wildman–Crippen MR) is 130 cm³/mol. The molecule has 0 spiro atoms. The second kappa shape index (κ2) is 9.70. The Kier molecular flexibility index (Phi) is 6.34. The summed E-state index contributed by atoms with van der Waals surface area (Å²) in [6.07, 6.45) is 0. The van der Waals surface area contributed by atoms with Crippen LogP contribution in [0.3, 0.4) is 0 Å². The molecule has 2 aromatic heterocycles. The average molecular weight is 463 g/mol. The van der Waals surface area contributed by atoms with E-state index < -0.39 is 0 Å². The topological polar surface area (TPSA) is 83.8 Å². The van der Waals surface area contributed by atoms with Gasteiger partial charge in [-0.25, -0.2) is 9.78 Å². The van der Waals surface area contributed by atoms with Gasteiger partial charge in [-0.2, -0.15) is 9.61 Å². The normalized spacial score (nSPS) is 18.6. The first-order chi connectivity index (χ1) is 16.2. The van der Waals surface area contributed by atoms with Crippen LogP contribution in [0.4, 0.5) is 10.6 Å². The van der Waals surface area contributed by atoms with Crippen LogP contribution < -0.4 is 10.6 Å². The van der Waals surface area contributed by atoms with Gasteiger partial charge in [0.1, 0.15) is 11.2 Å². The molecule has 3 heterocycles. The van der Waals surface area contributed by atoms with Crippen molar-refractivity contribution in [1.82, 2.24) is 24.8 Å². The third-order valence-electron chi connectivity index (χ3n) is 5.98. The van der Waals surface area contributed by atoms with E-state index in [0.717, 1.165) is 30.2 Å². The molecule has 2 atom stereocenters. The van der Waals surface area contributed by atoms with Gasteiger partial charge < -0.3 is 10.1 Å². The second-order valence-corrected chi connectivity index (χ2v) is 8.89. The zero-order valence-electron chi connectivity index (χ0n) is 18.3. The first-order valence-electron chi connectivity index (χ1n) is 10.9. The highest BCUT2D eigenvalue weighted by atomic mass is 32.1. The smallest absolute Gasteiger partial charge is 0.320 e. The lowest BCUT2D eigenvalue weighted by Gasteiger charge is -2.20. The summed E-state index contributed by atoms with van der Waals surface area (Å²) in [4.78, 5) is 20.9. The molecule has 2 aromatic carbocycles. The molecule has 2 amide bonds. The molecule has 8 nitrogen and oxygen atoms in total. The summed E-state index contributed by atoms with van der Waals surface area (Å²) < 4.78 is 6.94. The summed E-state index contributed by atoms with van der Waals surface area (Å²) in [6.45, 7) is 3.13. The Morgan fingerprint density at radius 2 is 1.88 bits per heavy atom. The van der Waals surface area contributed by atoms with E-state index in [2.05, 4.69) is 32.8 Å². The number of anilines is 1. The van der Waals surface area contributed by atoms with Crippen molar-refractivity contribution in [3.8, 4) is 11.3 Å². The van der Waals surface area contributed by atoms with Crippen LogP contribution in [0, 0.1) is 0 Å². The summed E-state index contributed by atoms with van der Waals surface area (Å²) in [5, 5.41) is 10.6. The molecule has 1 fully saturated rings. The Balaban J connectivity index is 1.37. The number of rotatable bonds is 7. The fourth-order valence-electron chi connectivity index (χ4n) is 4.39. The lowest BCUT2D eigenvalue weighted by atomic mass is 9.94. The van der Waals surface area contributed by atoms with Crippen LogP contribution in [0.1, 0.15) is 11.5 Å². The number of ether oxygens (including phenoxy) is 1. The van der Waals surface area contributed by atoms with Crippen LogP contribution in [0.5, 0.6) is 0 Å². The first kappa shape index (κ1) is 21.6. The second-order valence-electron chi connectivity index (χ2n) is 8.08. The number of hydrogen-bond donors (Lipinski definition) is 2. The molecule has 0 aliphatic carbocycles. The molecule has 4 aromatic rings. The van der Waals surface area contributed by atoms with Gasteiger partial charge >= 0.3 is 6.03 Å². The largest absolute Gasteiger partial charge is 0.383 e. The molecule has 0 bridgehead atoms. The molecule has 1 aliphatic rings. The van der Waals surface area contributed by atoms with Crippen LogP contribution in [0.15, 0.2) is 66.2 Å². The van der Waals surface area contributed by atoms with Crippen LogP contribution in [-0.2, 0) is 4.74 Å². The monoisotopic (exact) mass is 462 g/mol. The number of imidazole rings is 1. The summed E-state index contributed by atoms with van der Waals surface area (Å²) in [7, 11) is 1.71. The minimum Gasteiger partial charge on any atom is -0.383 e. The average Bonchev–Trinajstić information content (AvgIpc) is 3.55. The summed E-state index contributed by atoms with van der Waals surface area (Å²) in [6, 6.07) is 19.9. The number of aromatic nitrogens is 3. The number of nitrogens with one attached hydrogen (secondary N) is 2. The van der Waals surface area contributed by atoms with E-state index in [9.17, 15) is 4.79 Å². The van der Waals surface area contributed by atoms with E-state index in [1.807, 2.05) is 48.5 Å². The fraction of sp³-hybridized carbons (Fsp3) is 0.292. The molecule has 2 N–H and O–H groups in total. The van der Waals surface area contributed by atoms with E-state index in [1.54, 1.807) is 17.1 Å². The first-order valence-corrected chi connectivity index (χ1v) is 11.8. The van der Waals surface area contributed by atoms with Gasteiger partial charge in [-0.15, -0.1) is 0 Å². The number of carbonyl (C=O) groups excluding carboxylic acids is 1. The number of urea groups is 1. The molecule has 0 radical (unpaired) electrons. The number of fused-ring (bicyclic) bond motifs is 1. The van der Waals surface area contributed by atoms with Crippen molar-refractivity contribution in [2.75, 3.05) is 38.7 Å². The molecule has 0 unspecified atom stereocenters. The minimum atomic E-state index is -0.262. The Morgan fingerprint density at radius 1 is 1.12 bits per heavy atom. The van der Waals surface area contributed by atoms with Gasteiger partial charge in [0.05, 0.1) is 12.6 Å². The number of hydrogen-bond acceptors (Lipinski definition) is 6. The number of amides is 2. The van der Waals surface area contributed by atoms with E-state index in [-0.39, 0.29) is 18.0 Å². The van der Waals surface area contributed by atoms with Gasteiger partial charge in [-0.1, -0.05) is 72.0 Å². The highest BCUT2D eigenvalue weighted by Crippen LogP contribution is 2.30. The minimum absolute atomic E-state index is 0.0247. The number of likely N-dealkylation sites (tertiary alicyclic amines) is 1.